The molecule has 12 heavy (non-hydrogen) atoms. The van der Waals surface area contributed by atoms with E-state index in [1.165, 1.54) is 0 Å². The van der Waals surface area contributed by atoms with Crippen LogP contribution in [0.3, 0.4) is 0 Å². The summed E-state index contributed by atoms with van der Waals surface area (Å²) < 4.78 is 0. The summed E-state index contributed by atoms with van der Waals surface area (Å²) in [6, 6.07) is 0.573. The minimum absolute atomic E-state index is 0.0613. The molecule has 0 saturated carbocycles. The van der Waals surface area contributed by atoms with Gasteiger partial charge < -0.3 is 10.2 Å². The van der Waals surface area contributed by atoms with E-state index in [-0.39, 0.29) is 11.8 Å². The highest BCUT2D eigenvalue weighted by Gasteiger charge is 2.20. The first-order valence-electron chi connectivity index (χ1n) is 4.29. The number of rotatable bonds is 2. The predicted octanol–water partition coefficient (Wildman–Crippen LogP) is 0.436. The summed E-state index contributed by atoms with van der Waals surface area (Å²) in [5, 5.41) is 3.21. The molecule has 1 rings (SSSR count). The summed E-state index contributed by atoms with van der Waals surface area (Å²) in [7, 11) is 1.96. The molecule has 0 spiro atoms. The van der Waals surface area contributed by atoms with Gasteiger partial charge in [0.2, 0.25) is 5.91 Å². The first kappa shape index (κ1) is 9.81. The molecular weight excluding hydrogens is 176 g/mol. The summed E-state index contributed by atoms with van der Waals surface area (Å²) in [5.41, 5.74) is 0. The van der Waals surface area contributed by atoms with Gasteiger partial charge in [0.1, 0.15) is 5.88 Å². The average molecular weight is 191 g/mol. The Morgan fingerprint density at radius 1 is 1.58 bits per heavy atom. The molecule has 0 aromatic rings. The summed E-state index contributed by atoms with van der Waals surface area (Å²) in [6.45, 7) is 1.69. The third-order valence-corrected chi connectivity index (χ3v) is 2.60. The molecule has 0 unspecified atom stereocenters. The molecule has 1 amide bonds. The molecule has 3 nitrogen and oxygen atoms in total. The van der Waals surface area contributed by atoms with Gasteiger partial charge in [-0.05, 0) is 19.9 Å². The first-order chi connectivity index (χ1) is 5.77. The normalized spacial score (nSPS) is 19.7. The van der Waals surface area contributed by atoms with Crippen LogP contribution in [0.5, 0.6) is 0 Å². The molecule has 1 saturated heterocycles. The number of carbonyl (C=O) groups is 1. The molecule has 1 aliphatic heterocycles. The smallest absolute Gasteiger partial charge is 0.237 e. The second-order valence-electron chi connectivity index (χ2n) is 3.08. The number of nitrogens with zero attached hydrogens (tertiary/aromatic N) is 1. The highest BCUT2D eigenvalue weighted by atomic mass is 35.5. The van der Waals surface area contributed by atoms with Crippen molar-refractivity contribution in [2.45, 2.75) is 18.9 Å². The van der Waals surface area contributed by atoms with E-state index < -0.39 is 0 Å². The fourth-order valence-corrected chi connectivity index (χ4v) is 1.67. The Labute approximate surface area is 78.1 Å². The number of amides is 1. The van der Waals surface area contributed by atoms with Gasteiger partial charge in [-0.2, -0.15) is 0 Å². The van der Waals surface area contributed by atoms with Gasteiger partial charge in [0.25, 0.3) is 0 Å². The Balaban J connectivity index is 2.30. The van der Waals surface area contributed by atoms with Crippen LogP contribution < -0.4 is 5.32 Å². The van der Waals surface area contributed by atoms with E-state index in [0.29, 0.717) is 6.04 Å². The number of halogens is 1. The minimum Gasteiger partial charge on any atom is -0.342 e. The van der Waals surface area contributed by atoms with Crippen molar-refractivity contribution in [1.82, 2.24) is 10.2 Å². The Hall–Kier alpha value is -0.280. The van der Waals surface area contributed by atoms with Gasteiger partial charge >= 0.3 is 0 Å². The fourth-order valence-electron chi connectivity index (χ4n) is 1.50. The van der Waals surface area contributed by atoms with Crippen molar-refractivity contribution in [3.63, 3.8) is 0 Å². The molecule has 70 valence electrons. The molecule has 0 aliphatic carbocycles. The molecule has 1 heterocycles. The maximum absolute atomic E-state index is 11.1. The number of carbonyl (C=O) groups excluding carboxylic acids is 1. The van der Waals surface area contributed by atoms with Crippen molar-refractivity contribution in [2.24, 2.45) is 0 Å². The highest BCUT2D eigenvalue weighted by molar-refractivity contribution is 6.27. The number of hydrogen-bond donors (Lipinski definition) is 1. The Morgan fingerprint density at radius 2 is 2.17 bits per heavy atom. The third-order valence-electron chi connectivity index (χ3n) is 2.37. The minimum atomic E-state index is 0.0613. The predicted molar refractivity (Wildman–Crippen MR) is 49.4 cm³/mol. The van der Waals surface area contributed by atoms with Crippen LogP contribution in [-0.2, 0) is 4.79 Å². The molecule has 1 aliphatic rings. The van der Waals surface area contributed by atoms with Gasteiger partial charge in [-0.25, -0.2) is 0 Å². The maximum atomic E-state index is 11.1. The van der Waals surface area contributed by atoms with E-state index in [2.05, 4.69) is 5.32 Å². The second kappa shape index (κ2) is 4.67. The van der Waals surface area contributed by atoms with Gasteiger partial charge in [-0.1, -0.05) is 0 Å². The number of likely N-dealkylation sites (tertiary alicyclic amines) is 1. The van der Waals surface area contributed by atoms with Crippen LogP contribution in [0.25, 0.3) is 0 Å². The zero-order valence-corrected chi connectivity index (χ0v) is 8.10. The van der Waals surface area contributed by atoms with E-state index in [1.54, 1.807) is 0 Å². The average Bonchev–Trinajstić information content (AvgIpc) is 2.17. The monoisotopic (exact) mass is 190 g/mol. The lowest BCUT2D eigenvalue weighted by molar-refractivity contribution is -0.129. The number of nitrogens with one attached hydrogen (secondary N) is 1. The van der Waals surface area contributed by atoms with Crippen LogP contribution in [0.2, 0.25) is 0 Å². The molecule has 0 aromatic carbocycles. The molecule has 0 bridgehead atoms. The lowest BCUT2D eigenvalue weighted by atomic mass is 10.1. The van der Waals surface area contributed by atoms with Gasteiger partial charge in [0, 0.05) is 19.1 Å². The van der Waals surface area contributed by atoms with Gasteiger partial charge in [0.15, 0.2) is 0 Å². The van der Waals surface area contributed by atoms with Crippen LogP contribution in [0.1, 0.15) is 12.8 Å². The van der Waals surface area contributed by atoms with Gasteiger partial charge in [-0.3, -0.25) is 4.79 Å². The van der Waals surface area contributed by atoms with Crippen molar-refractivity contribution in [1.29, 1.82) is 0 Å². The molecule has 4 heteroatoms. The van der Waals surface area contributed by atoms with E-state index in [0.717, 1.165) is 25.9 Å². The summed E-state index contributed by atoms with van der Waals surface area (Å²) >= 11 is 5.45. The maximum Gasteiger partial charge on any atom is 0.237 e. The van der Waals surface area contributed by atoms with Crippen molar-refractivity contribution in [2.75, 3.05) is 26.0 Å². The van der Waals surface area contributed by atoms with Crippen molar-refractivity contribution in [3.05, 3.63) is 0 Å². The van der Waals surface area contributed by atoms with Crippen LogP contribution in [0.4, 0.5) is 0 Å². The molecule has 0 aromatic heterocycles. The quantitative estimate of drug-likeness (QED) is 0.641. The van der Waals surface area contributed by atoms with Crippen LogP contribution in [-0.4, -0.2) is 42.9 Å². The van der Waals surface area contributed by atoms with Crippen molar-refractivity contribution >= 4 is 17.5 Å². The standard InChI is InChI=1S/C8H15ClN2O/c1-10-7-2-4-11(5-3-7)8(12)6-9/h7,10H,2-6H2,1H3. The van der Waals surface area contributed by atoms with E-state index >= 15 is 0 Å². The Kier molecular flexibility index (Phi) is 3.82. The van der Waals surface area contributed by atoms with Gasteiger partial charge in [-0.15, -0.1) is 11.6 Å². The van der Waals surface area contributed by atoms with Crippen molar-refractivity contribution in [3.8, 4) is 0 Å². The van der Waals surface area contributed by atoms with E-state index in [1.807, 2.05) is 11.9 Å². The Bertz CT molecular complexity index is 155. The SMILES string of the molecule is CNC1CCN(C(=O)CCl)CC1. The zero-order valence-electron chi connectivity index (χ0n) is 7.35. The highest BCUT2D eigenvalue weighted by Crippen LogP contribution is 2.09. The lowest BCUT2D eigenvalue weighted by Crippen LogP contribution is -2.44. The molecule has 0 radical (unpaired) electrons. The van der Waals surface area contributed by atoms with Crippen molar-refractivity contribution < 1.29 is 4.79 Å². The van der Waals surface area contributed by atoms with Crippen LogP contribution >= 0.6 is 11.6 Å². The fraction of sp³-hybridized carbons (Fsp3) is 0.875. The molecule has 1 fully saturated rings. The molecular formula is C8H15ClN2O. The summed E-state index contributed by atoms with van der Waals surface area (Å²) in [6.07, 6.45) is 2.08. The number of alkyl halides is 1. The number of hydrogen-bond acceptors (Lipinski definition) is 2. The largest absolute Gasteiger partial charge is 0.342 e. The van der Waals surface area contributed by atoms with Crippen LogP contribution in [0, 0.1) is 0 Å². The first-order valence-corrected chi connectivity index (χ1v) is 4.82. The number of piperidine rings is 1. The second-order valence-corrected chi connectivity index (χ2v) is 3.34. The van der Waals surface area contributed by atoms with E-state index in [4.69, 9.17) is 11.6 Å². The summed E-state index contributed by atoms with van der Waals surface area (Å²) in [4.78, 5) is 13.0. The summed E-state index contributed by atoms with van der Waals surface area (Å²) in [5.74, 6) is 0.177. The van der Waals surface area contributed by atoms with Crippen LogP contribution in [0.15, 0.2) is 0 Å². The third kappa shape index (κ3) is 2.35. The van der Waals surface area contributed by atoms with E-state index in [9.17, 15) is 4.79 Å². The Morgan fingerprint density at radius 3 is 2.58 bits per heavy atom. The molecule has 0 atom stereocenters. The lowest BCUT2D eigenvalue weighted by Gasteiger charge is -2.31. The topological polar surface area (TPSA) is 32.3 Å². The zero-order chi connectivity index (χ0) is 8.97. The molecule has 1 N–H and O–H groups in total. The van der Waals surface area contributed by atoms with Gasteiger partial charge in [0.05, 0.1) is 0 Å².